The number of halogens is 2. The fourth-order valence-electron chi connectivity index (χ4n) is 5.22. The van der Waals surface area contributed by atoms with E-state index in [4.69, 9.17) is 16.3 Å². The lowest BCUT2D eigenvalue weighted by Crippen LogP contribution is -2.50. The summed E-state index contributed by atoms with van der Waals surface area (Å²) in [5.74, 6) is 7.72. The first kappa shape index (κ1) is 29.7. The molecule has 0 saturated carbocycles. The van der Waals surface area contributed by atoms with E-state index in [1.54, 1.807) is 32.4 Å². The molecule has 0 bridgehead atoms. The number of carbonyl (C=O) groups is 1. The van der Waals surface area contributed by atoms with E-state index in [9.17, 15) is 4.79 Å². The highest BCUT2D eigenvalue weighted by Crippen LogP contribution is 2.33. The Hall–Kier alpha value is -3.78. The van der Waals surface area contributed by atoms with Crippen LogP contribution in [0, 0.1) is 11.8 Å². The number of aromatic nitrogens is 2. The normalized spacial score (nSPS) is 18.0. The number of nitrogens with one attached hydrogen (secondary N) is 3. The summed E-state index contributed by atoms with van der Waals surface area (Å²) in [6.45, 7) is 3.88. The highest BCUT2D eigenvalue weighted by molar-refractivity contribution is 9.11. The number of anilines is 5. The highest BCUT2D eigenvalue weighted by Gasteiger charge is 2.25. The Morgan fingerprint density at radius 1 is 1.14 bits per heavy atom. The van der Waals surface area contributed by atoms with Crippen molar-refractivity contribution in [3.05, 3.63) is 69.8 Å². The second-order valence-electron chi connectivity index (χ2n) is 10.0. The van der Waals surface area contributed by atoms with Gasteiger partial charge in [-0.1, -0.05) is 51.5 Å². The van der Waals surface area contributed by atoms with Crippen molar-refractivity contribution in [3.8, 4) is 17.6 Å². The molecule has 1 aliphatic carbocycles. The lowest BCUT2D eigenvalue weighted by Gasteiger charge is -2.40. The number of methoxy groups -OCH3 is 1. The third kappa shape index (κ3) is 6.98. The van der Waals surface area contributed by atoms with Gasteiger partial charge in [-0.05, 0) is 42.1 Å². The van der Waals surface area contributed by atoms with E-state index in [0.29, 0.717) is 39.8 Å². The first-order valence-corrected chi connectivity index (χ1v) is 15.1. The van der Waals surface area contributed by atoms with Gasteiger partial charge < -0.3 is 25.6 Å². The molecule has 218 valence electrons. The number of hydrogen-bond donors (Lipinski definition) is 3. The second kappa shape index (κ2) is 13.9. The lowest BCUT2D eigenvalue weighted by molar-refractivity contribution is 0.0964. The first-order chi connectivity index (χ1) is 20.5. The van der Waals surface area contributed by atoms with Crippen LogP contribution in [-0.4, -0.2) is 67.2 Å². The van der Waals surface area contributed by atoms with Crippen LogP contribution >= 0.6 is 27.5 Å². The standard InChI is InChI=1S/C31H33BrClN7O2/c1-34-30(41)24-9-5-6-10-26(24)36-29-25(33)20-35-31(38-29)37-27-12-11-23(18-28(27)42-2)40-15-13-39(14-16-40)22-8-4-3-7-21(17-22)19-32/h5-6,9-12,18-20,22H,4,8,13-17H2,1-2H3,(H,34,41)(H2,35,36,37,38)/b21-19+. The minimum atomic E-state index is -0.215. The van der Waals surface area contributed by atoms with Crippen LogP contribution in [-0.2, 0) is 0 Å². The smallest absolute Gasteiger partial charge is 0.253 e. The lowest BCUT2D eigenvalue weighted by atomic mass is 10.0. The molecule has 5 rings (SSSR count). The number of nitrogens with zero attached hydrogens (tertiary/aromatic N) is 4. The second-order valence-corrected chi connectivity index (χ2v) is 10.9. The number of para-hydroxylation sites is 1. The highest BCUT2D eigenvalue weighted by atomic mass is 79.9. The summed E-state index contributed by atoms with van der Waals surface area (Å²) in [5, 5.41) is 9.38. The van der Waals surface area contributed by atoms with Crippen LogP contribution in [0.3, 0.4) is 0 Å². The van der Waals surface area contributed by atoms with Crippen molar-refractivity contribution in [3.63, 3.8) is 0 Å². The zero-order valence-electron chi connectivity index (χ0n) is 23.6. The Morgan fingerprint density at radius 2 is 1.95 bits per heavy atom. The van der Waals surface area contributed by atoms with Gasteiger partial charge in [0.25, 0.3) is 5.91 Å². The van der Waals surface area contributed by atoms with E-state index in [1.165, 1.54) is 11.8 Å². The molecule has 1 aromatic heterocycles. The van der Waals surface area contributed by atoms with E-state index in [0.717, 1.165) is 56.8 Å². The maximum Gasteiger partial charge on any atom is 0.253 e. The molecule has 42 heavy (non-hydrogen) atoms. The van der Waals surface area contributed by atoms with Gasteiger partial charge in [-0.15, -0.1) is 0 Å². The zero-order valence-corrected chi connectivity index (χ0v) is 25.9. The summed E-state index contributed by atoms with van der Waals surface area (Å²) in [4.78, 5) is 28.2. The quantitative estimate of drug-likeness (QED) is 0.258. The molecule has 1 aliphatic heterocycles. The van der Waals surface area contributed by atoms with Crippen molar-refractivity contribution in [1.29, 1.82) is 0 Å². The van der Waals surface area contributed by atoms with E-state index >= 15 is 0 Å². The van der Waals surface area contributed by atoms with Crippen LogP contribution < -0.4 is 25.6 Å². The van der Waals surface area contributed by atoms with Gasteiger partial charge in [0.1, 0.15) is 10.8 Å². The Bertz CT molecular complexity index is 1530. The minimum absolute atomic E-state index is 0.215. The maximum atomic E-state index is 12.3. The molecule has 2 aliphatic rings. The van der Waals surface area contributed by atoms with Crippen molar-refractivity contribution in [2.75, 3.05) is 55.9 Å². The predicted octanol–water partition coefficient (Wildman–Crippen LogP) is 5.94. The van der Waals surface area contributed by atoms with Gasteiger partial charge in [0, 0.05) is 63.0 Å². The molecular formula is C31H33BrClN7O2. The fraction of sp³-hybridized carbons (Fsp3) is 0.323. The summed E-state index contributed by atoms with van der Waals surface area (Å²) >= 11 is 9.87. The maximum absolute atomic E-state index is 12.3. The van der Waals surface area contributed by atoms with Crippen molar-refractivity contribution < 1.29 is 9.53 Å². The monoisotopic (exact) mass is 649 g/mol. The molecule has 1 fully saturated rings. The van der Waals surface area contributed by atoms with Crippen LogP contribution in [0.1, 0.15) is 29.6 Å². The number of rotatable bonds is 8. The van der Waals surface area contributed by atoms with Gasteiger partial charge in [0.05, 0.1) is 30.2 Å². The van der Waals surface area contributed by atoms with Crippen LogP contribution in [0.4, 0.5) is 28.8 Å². The number of ether oxygens (including phenoxy) is 1. The average molecular weight is 651 g/mol. The SMILES string of the molecule is CNC(=O)c1ccccc1Nc1nc(Nc2ccc(N3CCN(C4CCC#C/C(=C\Br)C4)CC3)cc2OC)ncc1Cl. The Kier molecular flexibility index (Phi) is 9.85. The minimum Gasteiger partial charge on any atom is -0.494 e. The van der Waals surface area contributed by atoms with Crippen LogP contribution in [0.5, 0.6) is 5.75 Å². The van der Waals surface area contributed by atoms with E-state index in [2.05, 4.69) is 69.6 Å². The molecule has 1 amide bonds. The molecule has 0 radical (unpaired) electrons. The number of amides is 1. The Labute approximate surface area is 259 Å². The van der Waals surface area contributed by atoms with Crippen LogP contribution in [0.15, 0.2) is 59.2 Å². The molecule has 2 heterocycles. The van der Waals surface area contributed by atoms with Crippen molar-refractivity contribution >= 4 is 62.3 Å². The van der Waals surface area contributed by atoms with Crippen molar-refractivity contribution in [1.82, 2.24) is 20.2 Å². The van der Waals surface area contributed by atoms with Gasteiger partial charge in [-0.3, -0.25) is 9.69 Å². The molecule has 11 heteroatoms. The van der Waals surface area contributed by atoms with Crippen molar-refractivity contribution in [2.45, 2.75) is 25.3 Å². The van der Waals surface area contributed by atoms with Gasteiger partial charge >= 0.3 is 0 Å². The van der Waals surface area contributed by atoms with Gasteiger partial charge in [0.2, 0.25) is 5.95 Å². The van der Waals surface area contributed by atoms with Crippen molar-refractivity contribution in [2.24, 2.45) is 0 Å². The molecule has 9 nitrogen and oxygen atoms in total. The summed E-state index contributed by atoms with van der Waals surface area (Å²) < 4.78 is 5.74. The summed E-state index contributed by atoms with van der Waals surface area (Å²) in [6, 6.07) is 13.8. The number of benzene rings is 2. The van der Waals surface area contributed by atoms with E-state index < -0.39 is 0 Å². The molecule has 1 saturated heterocycles. The predicted molar refractivity (Wildman–Crippen MR) is 173 cm³/mol. The molecule has 3 N–H and O–H groups in total. The Morgan fingerprint density at radius 3 is 2.71 bits per heavy atom. The first-order valence-electron chi connectivity index (χ1n) is 13.8. The third-order valence-electron chi connectivity index (χ3n) is 7.46. The van der Waals surface area contributed by atoms with Gasteiger partial charge in [-0.25, -0.2) is 4.98 Å². The van der Waals surface area contributed by atoms with E-state index in [-0.39, 0.29) is 5.91 Å². The zero-order chi connectivity index (χ0) is 29.5. The van der Waals surface area contributed by atoms with Gasteiger partial charge in [0.15, 0.2) is 5.82 Å². The third-order valence-corrected chi connectivity index (χ3v) is 8.29. The Balaban J connectivity index is 1.26. The van der Waals surface area contributed by atoms with Crippen LogP contribution in [0.25, 0.3) is 0 Å². The van der Waals surface area contributed by atoms with E-state index in [1.807, 2.05) is 23.2 Å². The number of carbonyl (C=O) groups excluding carboxylic acids is 1. The average Bonchev–Trinajstić information content (AvgIpc) is 3.29. The molecule has 1 unspecified atom stereocenters. The summed E-state index contributed by atoms with van der Waals surface area (Å²) in [7, 11) is 3.24. The molecule has 1 atom stereocenters. The number of hydrogen-bond acceptors (Lipinski definition) is 8. The topological polar surface area (TPSA) is 94.6 Å². The molecule has 2 aromatic carbocycles. The molecule has 3 aromatic rings. The fourth-order valence-corrected chi connectivity index (χ4v) is 5.66. The number of piperazine rings is 1. The van der Waals surface area contributed by atoms with Gasteiger partial charge in [-0.2, -0.15) is 4.98 Å². The van der Waals surface area contributed by atoms with Crippen LogP contribution in [0.2, 0.25) is 5.02 Å². The molecular weight excluding hydrogens is 618 g/mol. The summed E-state index contributed by atoms with van der Waals surface area (Å²) in [5.41, 5.74) is 4.07. The molecule has 0 spiro atoms. The summed E-state index contributed by atoms with van der Waals surface area (Å²) in [6.07, 6.45) is 4.56. The largest absolute Gasteiger partial charge is 0.494 e.